The minimum atomic E-state index is -0.914. The molecule has 10 heteroatoms. The number of ether oxygens (including phenoxy) is 2. The van der Waals surface area contributed by atoms with E-state index >= 15 is 0 Å². The van der Waals surface area contributed by atoms with E-state index in [-0.39, 0.29) is 5.82 Å². The Morgan fingerprint density at radius 3 is 2.96 bits per heavy atom. The first-order valence-corrected chi connectivity index (χ1v) is 6.99. The van der Waals surface area contributed by atoms with Gasteiger partial charge in [-0.05, 0) is 0 Å². The summed E-state index contributed by atoms with van der Waals surface area (Å²) in [5, 5.41) is 9.39. The topological polar surface area (TPSA) is 125 Å². The zero-order valence-electron chi connectivity index (χ0n) is 12.3. The quantitative estimate of drug-likeness (QED) is 0.741. The molecule has 0 aliphatic carbocycles. The molecule has 0 saturated carbocycles. The highest BCUT2D eigenvalue weighted by atomic mass is 19.1. The van der Waals surface area contributed by atoms with Crippen LogP contribution in [0.25, 0.3) is 11.2 Å². The number of aromatic nitrogens is 4. The maximum atomic E-state index is 13.4. The molecule has 0 amide bonds. The van der Waals surface area contributed by atoms with Crippen LogP contribution in [0.5, 0.6) is 0 Å². The lowest BCUT2D eigenvalue weighted by Crippen LogP contribution is -2.33. The number of anilines is 1. The lowest BCUT2D eigenvalue weighted by Gasteiger charge is -2.22. The molecule has 3 rings (SSSR count). The normalized spacial score (nSPS) is 27.4. The SMILES string of the molecule is CC(=O)O[C@@H]1[C@H](CF)[C@@H](CO)O[C@H]1n1cnc2c(N)ncnc21. The summed E-state index contributed by atoms with van der Waals surface area (Å²) in [6, 6.07) is 0. The Balaban J connectivity index is 2.04. The number of esters is 1. The first-order valence-electron chi connectivity index (χ1n) is 6.99. The molecule has 0 bridgehead atoms. The van der Waals surface area contributed by atoms with Crippen LogP contribution in [0.15, 0.2) is 12.7 Å². The van der Waals surface area contributed by atoms with Crippen molar-refractivity contribution >= 4 is 23.0 Å². The van der Waals surface area contributed by atoms with E-state index in [1.54, 1.807) is 0 Å². The van der Waals surface area contributed by atoms with Gasteiger partial charge in [0.1, 0.15) is 11.8 Å². The van der Waals surface area contributed by atoms with E-state index in [1.807, 2.05) is 0 Å². The average molecular weight is 325 g/mol. The summed E-state index contributed by atoms with van der Waals surface area (Å²) < 4.78 is 25.8. The molecule has 0 radical (unpaired) electrons. The molecule has 2 aromatic heterocycles. The smallest absolute Gasteiger partial charge is 0.303 e. The number of hydrogen-bond acceptors (Lipinski definition) is 8. The van der Waals surface area contributed by atoms with Crippen molar-refractivity contribution in [2.75, 3.05) is 19.0 Å². The van der Waals surface area contributed by atoms with Crippen molar-refractivity contribution in [2.24, 2.45) is 5.92 Å². The number of nitrogen functional groups attached to an aromatic ring is 1. The molecule has 124 valence electrons. The Bertz CT molecular complexity index is 723. The number of hydrogen-bond donors (Lipinski definition) is 2. The van der Waals surface area contributed by atoms with Crippen molar-refractivity contribution in [2.45, 2.75) is 25.4 Å². The number of imidazole rings is 1. The highest BCUT2D eigenvalue weighted by Crippen LogP contribution is 2.38. The molecule has 1 aliphatic rings. The predicted molar refractivity (Wildman–Crippen MR) is 75.8 cm³/mol. The molecule has 2 aromatic rings. The molecule has 0 spiro atoms. The summed E-state index contributed by atoms with van der Waals surface area (Å²) >= 11 is 0. The van der Waals surface area contributed by atoms with Gasteiger partial charge in [-0.25, -0.2) is 15.0 Å². The van der Waals surface area contributed by atoms with E-state index in [0.717, 1.165) is 0 Å². The number of aliphatic hydroxyl groups is 1. The second-order valence-corrected chi connectivity index (χ2v) is 5.22. The van der Waals surface area contributed by atoms with E-state index in [2.05, 4.69) is 15.0 Å². The van der Waals surface area contributed by atoms with Crippen molar-refractivity contribution in [1.29, 1.82) is 0 Å². The largest absolute Gasteiger partial charge is 0.457 e. The molecule has 1 saturated heterocycles. The van der Waals surface area contributed by atoms with Gasteiger partial charge < -0.3 is 20.3 Å². The molecule has 9 nitrogen and oxygen atoms in total. The van der Waals surface area contributed by atoms with Gasteiger partial charge in [0.15, 0.2) is 23.8 Å². The number of aliphatic hydroxyl groups excluding tert-OH is 1. The summed E-state index contributed by atoms with van der Waals surface area (Å²) in [6.07, 6.45) is 0.0959. The second-order valence-electron chi connectivity index (χ2n) is 5.22. The molecular weight excluding hydrogens is 309 g/mol. The number of fused-ring (bicyclic) bond motifs is 1. The Kier molecular flexibility index (Phi) is 4.09. The average Bonchev–Trinajstić information content (AvgIpc) is 3.08. The number of nitrogens with zero attached hydrogens (tertiary/aromatic N) is 4. The lowest BCUT2D eigenvalue weighted by atomic mass is 10.00. The van der Waals surface area contributed by atoms with Gasteiger partial charge in [-0.2, -0.15) is 0 Å². The van der Waals surface area contributed by atoms with Gasteiger partial charge in [0.25, 0.3) is 0 Å². The van der Waals surface area contributed by atoms with Gasteiger partial charge >= 0.3 is 5.97 Å². The highest BCUT2D eigenvalue weighted by molar-refractivity contribution is 5.81. The van der Waals surface area contributed by atoms with Crippen LogP contribution in [0.3, 0.4) is 0 Å². The van der Waals surface area contributed by atoms with Gasteiger partial charge in [0, 0.05) is 6.92 Å². The van der Waals surface area contributed by atoms with Crippen LogP contribution < -0.4 is 5.73 Å². The van der Waals surface area contributed by atoms with E-state index in [9.17, 15) is 14.3 Å². The fourth-order valence-corrected chi connectivity index (χ4v) is 2.76. The second kappa shape index (κ2) is 6.05. The maximum Gasteiger partial charge on any atom is 0.303 e. The summed E-state index contributed by atoms with van der Waals surface area (Å²) in [6.45, 7) is 0.0286. The number of alkyl halides is 1. The molecule has 4 atom stereocenters. The minimum absolute atomic E-state index is 0.191. The Labute approximate surface area is 130 Å². The van der Waals surface area contributed by atoms with Crippen LogP contribution in [0.2, 0.25) is 0 Å². The van der Waals surface area contributed by atoms with E-state index in [0.29, 0.717) is 11.2 Å². The number of halogens is 1. The van der Waals surface area contributed by atoms with Crippen molar-refractivity contribution in [3.05, 3.63) is 12.7 Å². The Hall–Kier alpha value is -2.33. The highest BCUT2D eigenvalue weighted by Gasteiger charge is 2.48. The third-order valence-electron chi connectivity index (χ3n) is 3.82. The van der Waals surface area contributed by atoms with Crippen LogP contribution in [-0.2, 0) is 14.3 Å². The third-order valence-corrected chi connectivity index (χ3v) is 3.82. The van der Waals surface area contributed by atoms with E-state index < -0.39 is 43.6 Å². The van der Waals surface area contributed by atoms with Gasteiger partial charge in [0.2, 0.25) is 0 Å². The van der Waals surface area contributed by atoms with Crippen molar-refractivity contribution in [3.63, 3.8) is 0 Å². The zero-order valence-corrected chi connectivity index (χ0v) is 12.3. The van der Waals surface area contributed by atoms with Gasteiger partial charge in [-0.1, -0.05) is 0 Å². The molecule has 0 aromatic carbocycles. The van der Waals surface area contributed by atoms with Crippen LogP contribution in [0, 0.1) is 5.92 Å². The first-order chi connectivity index (χ1) is 11.1. The molecule has 3 heterocycles. The third kappa shape index (κ3) is 2.59. The standard InChI is InChI=1S/C13H16FN5O4/c1-6(21)22-10-7(2-14)8(3-20)23-13(10)19-5-18-9-11(15)16-4-17-12(9)19/h4-5,7-8,10,13,20H,2-3H2,1H3,(H2,15,16,17)/t7-,8-,10-,13-/m1/s1. The minimum Gasteiger partial charge on any atom is -0.457 e. The maximum absolute atomic E-state index is 13.4. The van der Waals surface area contributed by atoms with Crippen LogP contribution in [-0.4, -0.2) is 56.1 Å². The molecule has 3 N–H and O–H groups in total. The van der Waals surface area contributed by atoms with Crippen LogP contribution in [0.4, 0.5) is 10.2 Å². The molecular formula is C13H16FN5O4. The Morgan fingerprint density at radius 1 is 1.52 bits per heavy atom. The first kappa shape index (κ1) is 15.6. The van der Waals surface area contributed by atoms with E-state index in [4.69, 9.17) is 15.2 Å². The number of rotatable bonds is 4. The number of nitrogens with two attached hydrogens (primary N) is 1. The molecule has 1 aliphatic heterocycles. The van der Waals surface area contributed by atoms with E-state index in [1.165, 1.54) is 24.1 Å². The number of carbonyl (C=O) groups excluding carboxylic acids is 1. The van der Waals surface area contributed by atoms with Crippen molar-refractivity contribution in [1.82, 2.24) is 19.5 Å². The summed E-state index contributed by atoms with van der Waals surface area (Å²) in [4.78, 5) is 23.4. The van der Waals surface area contributed by atoms with Crippen molar-refractivity contribution < 1.29 is 23.8 Å². The fraction of sp³-hybridized carbons (Fsp3) is 0.538. The lowest BCUT2D eigenvalue weighted by molar-refractivity contribution is -0.153. The number of carbonyl (C=O) groups is 1. The van der Waals surface area contributed by atoms with Gasteiger partial charge in [0.05, 0.1) is 31.6 Å². The zero-order chi connectivity index (χ0) is 16.6. The summed E-state index contributed by atoms with van der Waals surface area (Å²) in [5.41, 5.74) is 6.47. The van der Waals surface area contributed by atoms with Gasteiger partial charge in [-0.15, -0.1) is 0 Å². The molecule has 0 unspecified atom stereocenters. The monoisotopic (exact) mass is 325 g/mol. The fourth-order valence-electron chi connectivity index (χ4n) is 2.76. The summed E-state index contributed by atoms with van der Waals surface area (Å²) in [7, 11) is 0. The van der Waals surface area contributed by atoms with Crippen LogP contribution in [0.1, 0.15) is 13.2 Å². The predicted octanol–water partition coefficient (Wildman–Crippen LogP) is -0.184. The van der Waals surface area contributed by atoms with Crippen LogP contribution >= 0.6 is 0 Å². The molecule has 23 heavy (non-hydrogen) atoms. The molecule has 1 fully saturated rings. The van der Waals surface area contributed by atoms with Gasteiger partial charge in [-0.3, -0.25) is 13.8 Å². The van der Waals surface area contributed by atoms with Crippen molar-refractivity contribution in [3.8, 4) is 0 Å². The Morgan fingerprint density at radius 2 is 2.30 bits per heavy atom. The summed E-state index contributed by atoms with van der Waals surface area (Å²) in [5.74, 6) is -1.17.